The average Bonchev–Trinajstić information content (AvgIpc) is 3.17. The molecule has 2 aromatic rings. The van der Waals surface area contributed by atoms with E-state index in [1.165, 1.54) is 12.8 Å². The van der Waals surface area contributed by atoms with E-state index in [1.54, 1.807) is 6.20 Å². The molecule has 0 bridgehead atoms. The molecule has 1 heterocycles. The molecule has 0 amide bonds. The first-order chi connectivity index (χ1) is 8.72. The normalized spacial score (nSPS) is 14.5. The van der Waals surface area contributed by atoms with Crippen LogP contribution in [0.2, 0.25) is 0 Å². The molecule has 1 aromatic carbocycles. The molecule has 92 valence electrons. The Balaban J connectivity index is 1.88. The van der Waals surface area contributed by atoms with Gasteiger partial charge < -0.3 is 10.5 Å². The standard InChI is InChI=1S/C15H16N2O/c1-10-8-14(15(16)17-9-10)11-2-4-12(5-3-11)18-13-6-7-13/h2-5,8-9,13H,6-7H2,1H3,(H2,16,17). The third-order valence-corrected chi connectivity index (χ3v) is 3.05. The van der Waals surface area contributed by atoms with Crippen molar-refractivity contribution in [2.45, 2.75) is 25.9 Å². The number of aryl methyl sites for hydroxylation is 1. The SMILES string of the molecule is Cc1cnc(N)c(-c2ccc(OC3CC3)cc2)c1. The summed E-state index contributed by atoms with van der Waals surface area (Å²) in [5.74, 6) is 1.50. The summed E-state index contributed by atoms with van der Waals surface area (Å²) in [5, 5.41) is 0. The van der Waals surface area contributed by atoms with E-state index >= 15 is 0 Å². The Morgan fingerprint density at radius 1 is 1.22 bits per heavy atom. The number of hydrogen-bond acceptors (Lipinski definition) is 3. The minimum Gasteiger partial charge on any atom is -0.490 e. The second kappa shape index (κ2) is 4.33. The average molecular weight is 240 g/mol. The van der Waals surface area contributed by atoms with E-state index in [-0.39, 0.29) is 0 Å². The zero-order valence-electron chi connectivity index (χ0n) is 10.4. The van der Waals surface area contributed by atoms with E-state index in [2.05, 4.69) is 11.1 Å². The Morgan fingerprint density at radius 3 is 2.61 bits per heavy atom. The number of benzene rings is 1. The molecule has 0 unspecified atom stereocenters. The third kappa shape index (κ3) is 2.30. The topological polar surface area (TPSA) is 48.1 Å². The molecule has 0 radical (unpaired) electrons. The molecular formula is C15H16N2O. The van der Waals surface area contributed by atoms with Crippen molar-refractivity contribution in [3.8, 4) is 16.9 Å². The zero-order valence-corrected chi connectivity index (χ0v) is 10.4. The van der Waals surface area contributed by atoms with Gasteiger partial charge in [0.15, 0.2) is 0 Å². The number of nitrogens with two attached hydrogens (primary N) is 1. The third-order valence-electron chi connectivity index (χ3n) is 3.05. The summed E-state index contributed by atoms with van der Waals surface area (Å²) in [6.45, 7) is 2.01. The number of nitrogens with zero attached hydrogens (tertiary/aromatic N) is 1. The summed E-state index contributed by atoms with van der Waals surface area (Å²) < 4.78 is 5.72. The molecule has 0 atom stereocenters. The molecule has 3 rings (SSSR count). The van der Waals surface area contributed by atoms with Crippen molar-refractivity contribution < 1.29 is 4.74 Å². The molecule has 2 N–H and O–H groups in total. The van der Waals surface area contributed by atoms with Gasteiger partial charge in [-0.05, 0) is 49.1 Å². The van der Waals surface area contributed by atoms with Crippen LogP contribution in [0.1, 0.15) is 18.4 Å². The minimum atomic E-state index is 0.432. The van der Waals surface area contributed by atoms with E-state index in [0.717, 1.165) is 22.4 Å². The Labute approximate surface area is 107 Å². The summed E-state index contributed by atoms with van der Waals surface area (Å²) in [6, 6.07) is 10.1. The van der Waals surface area contributed by atoms with Crippen molar-refractivity contribution >= 4 is 5.82 Å². The fourth-order valence-corrected chi connectivity index (χ4v) is 1.90. The van der Waals surface area contributed by atoms with Crippen LogP contribution in [0.4, 0.5) is 5.82 Å². The quantitative estimate of drug-likeness (QED) is 0.896. The Morgan fingerprint density at radius 2 is 1.94 bits per heavy atom. The lowest BCUT2D eigenvalue weighted by Gasteiger charge is -2.08. The second-order valence-electron chi connectivity index (χ2n) is 4.79. The van der Waals surface area contributed by atoms with Gasteiger partial charge >= 0.3 is 0 Å². The molecule has 0 saturated heterocycles. The van der Waals surface area contributed by atoms with Crippen LogP contribution in [0, 0.1) is 6.92 Å². The first-order valence-corrected chi connectivity index (χ1v) is 6.21. The number of anilines is 1. The highest BCUT2D eigenvalue weighted by molar-refractivity contribution is 5.74. The fourth-order valence-electron chi connectivity index (χ4n) is 1.90. The Hall–Kier alpha value is -2.03. The van der Waals surface area contributed by atoms with Crippen LogP contribution in [0.15, 0.2) is 36.5 Å². The van der Waals surface area contributed by atoms with Gasteiger partial charge in [-0.25, -0.2) is 4.98 Å². The van der Waals surface area contributed by atoms with Crippen LogP contribution < -0.4 is 10.5 Å². The Kier molecular flexibility index (Phi) is 2.67. The van der Waals surface area contributed by atoms with Crippen LogP contribution in [-0.2, 0) is 0 Å². The van der Waals surface area contributed by atoms with Crippen molar-refractivity contribution in [2.75, 3.05) is 5.73 Å². The summed E-state index contributed by atoms with van der Waals surface area (Å²) in [5.41, 5.74) is 9.07. The van der Waals surface area contributed by atoms with Gasteiger partial charge in [-0.15, -0.1) is 0 Å². The largest absolute Gasteiger partial charge is 0.490 e. The van der Waals surface area contributed by atoms with Crippen molar-refractivity contribution in [3.05, 3.63) is 42.1 Å². The highest BCUT2D eigenvalue weighted by atomic mass is 16.5. The maximum Gasteiger partial charge on any atom is 0.131 e. The van der Waals surface area contributed by atoms with Crippen LogP contribution in [-0.4, -0.2) is 11.1 Å². The van der Waals surface area contributed by atoms with Gasteiger partial charge in [-0.3, -0.25) is 0 Å². The van der Waals surface area contributed by atoms with Gasteiger partial charge in [0.1, 0.15) is 11.6 Å². The molecule has 3 nitrogen and oxygen atoms in total. The first kappa shape index (κ1) is 11.1. The highest BCUT2D eigenvalue weighted by Crippen LogP contribution is 2.30. The molecule has 1 fully saturated rings. The summed E-state index contributed by atoms with van der Waals surface area (Å²) >= 11 is 0. The van der Waals surface area contributed by atoms with Gasteiger partial charge in [0.25, 0.3) is 0 Å². The van der Waals surface area contributed by atoms with Crippen LogP contribution in [0.3, 0.4) is 0 Å². The monoisotopic (exact) mass is 240 g/mol. The van der Waals surface area contributed by atoms with Crippen LogP contribution >= 0.6 is 0 Å². The smallest absolute Gasteiger partial charge is 0.131 e. The number of nitrogen functional groups attached to an aromatic ring is 1. The number of ether oxygens (including phenoxy) is 1. The van der Waals surface area contributed by atoms with Crippen molar-refractivity contribution in [2.24, 2.45) is 0 Å². The molecule has 1 saturated carbocycles. The van der Waals surface area contributed by atoms with Crippen LogP contribution in [0.5, 0.6) is 5.75 Å². The number of aromatic nitrogens is 1. The van der Waals surface area contributed by atoms with Crippen molar-refractivity contribution in [1.82, 2.24) is 4.98 Å². The zero-order chi connectivity index (χ0) is 12.5. The number of rotatable bonds is 3. The lowest BCUT2D eigenvalue weighted by molar-refractivity contribution is 0.303. The second-order valence-corrected chi connectivity index (χ2v) is 4.79. The lowest BCUT2D eigenvalue weighted by Crippen LogP contribution is -1.96. The maximum absolute atomic E-state index is 5.91. The van der Waals surface area contributed by atoms with Gasteiger partial charge in [0.05, 0.1) is 6.10 Å². The van der Waals surface area contributed by atoms with Crippen LogP contribution in [0.25, 0.3) is 11.1 Å². The van der Waals surface area contributed by atoms with Crippen molar-refractivity contribution in [3.63, 3.8) is 0 Å². The molecule has 1 aliphatic rings. The first-order valence-electron chi connectivity index (χ1n) is 6.21. The van der Waals surface area contributed by atoms with E-state index in [9.17, 15) is 0 Å². The molecule has 18 heavy (non-hydrogen) atoms. The predicted molar refractivity (Wildman–Crippen MR) is 72.5 cm³/mol. The molecule has 1 aromatic heterocycles. The predicted octanol–water partition coefficient (Wildman–Crippen LogP) is 3.18. The number of hydrogen-bond donors (Lipinski definition) is 1. The molecular weight excluding hydrogens is 224 g/mol. The number of pyridine rings is 1. The van der Waals surface area contributed by atoms with Gasteiger partial charge in [-0.1, -0.05) is 12.1 Å². The van der Waals surface area contributed by atoms with E-state index < -0.39 is 0 Å². The molecule has 0 spiro atoms. The van der Waals surface area contributed by atoms with E-state index in [0.29, 0.717) is 11.9 Å². The van der Waals surface area contributed by atoms with Gasteiger partial charge in [0, 0.05) is 11.8 Å². The minimum absolute atomic E-state index is 0.432. The van der Waals surface area contributed by atoms with E-state index in [4.69, 9.17) is 10.5 Å². The lowest BCUT2D eigenvalue weighted by atomic mass is 10.1. The fraction of sp³-hybridized carbons (Fsp3) is 0.267. The summed E-state index contributed by atoms with van der Waals surface area (Å²) in [7, 11) is 0. The summed E-state index contributed by atoms with van der Waals surface area (Å²) in [6.07, 6.45) is 4.57. The molecule has 0 aliphatic heterocycles. The maximum atomic E-state index is 5.91. The van der Waals surface area contributed by atoms with Gasteiger partial charge in [-0.2, -0.15) is 0 Å². The van der Waals surface area contributed by atoms with Crippen molar-refractivity contribution in [1.29, 1.82) is 0 Å². The highest BCUT2D eigenvalue weighted by Gasteiger charge is 2.23. The Bertz CT molecular complexity index is 559. The summed E-state index contributed by atoms with van der Waals surface area (Å²) in [4.78, 5) is 4.18. The van der Waals surface area contributed by atoms with Gasteiger partial charge in [0.2, 0.25) is 0 Å². The molecule has 3 heteroatoms. The van der Waals surface area contributed by atoms with E-state index in [1.807, 2.05) is 31.2 Å². The molecule has 1 aliphatic carbocycles.